The number of hydrogen-bond donors (Lipinski definition) is 1. The minimum Gasteiger partial charge on any atom is -0.328 e. The third-order valence-electron chi connectivity index (χ3n) is 2.12. The summed E-state index contributed by atoms with van der Waals surface area (Å²) in [7, 11) is 0. The molecule has 2 nitrogen and oxygen atoms in total. The zero-order chi connectivity index (χ0) is 8.72. The Kier molecular flexibility index (Phi) is 2.12. The number of alkyl halides is 1. The van der Waals surface area contributed by atoms with Crippen LogP contribution in [-0.4, -0.2) is 10.7 Å². The summed E-state index contributed by atoms with van der Waals surface area (Å²) in [6, 6.07) is 0. The van der Waals surface area contributed by atoms with Crippen molar-refractivity contribution in [3.8, 4) is 0 Å². The summed E-state index contributed by atoms with van der Waals surface area (Å²) in [5.74, 6) is 0.400. The van der Waals surface area contributed by atoms with Crippen LogP contribution in [0.15, 0.2) is 22.3 Å². The Morgan fingerprint density at radius 3 is 3.00 bits per heavy atom. The van der Waals surface area contributed by atoms with Crippen LogP contribution in [0.5, 0.6) is 0 Å². The monoisotopic (exact) mass is 291 g/mol. The molecular formula is C8H7Br2NO. The zero-order valence-electron chi connectivity index (χ0n) is 6.18. The largest absolute Gasteiger partial charge is 0.328 e. The molecule has 2 rings (SSSR count). The van der Waals surface area contributed by atoms with E-state index in [9.17, 15) is 4.79 Å². The van der Waals surface area contributed by atoms with Crippen LogP contribution in [0.2, 0.25) is 0 Å². The second-order valence-electron chi connectivity index (χ2n) is 2.92. The van der Waals surface area contributed by atoms with Gasteiger partial charge in [0.05, 0.1) is 0 Å². The molecule has 0 bridgehead atoms. The normalized spacial score (nSPS) is 33.7. The van der Waals surface area contributed by atoms with E-state index in [1.807, 2.05) is 6.08 Å². The molecule has 0 unspecified atom stereocenters. The van der Waals surface area contributed by atoms with Crippen molar-refractivity contribution in [1.82, 2.24) is 5.32 Å². The van der Waals surface area contributed by atoms with E-state index in [2.05, 4.69) is 43.3 Å². The van der Waals surface area contributed by atoms with Gasteiger partial charge in [0.1, 0.15) is 0 Å². The van der Waals surface area contributed by atoms with Gasteiger partial charge in [-0.1, -0.05) is 22.0 Å². The van der Waals surface area contributed by atoms with Gasteiger partial charge in [0, 0.05) is 27.3 Å². The first-order valence-electron chi connectivity index (χ1n) is 3.70. The molecular weight excluding hydrogens is 286 g/mol. The SMILES string of the molecule is O=C1C[C@H]2C(=C(Br)C=C[C@H]2Br)N1. The van der Waals surface area contributed by atoms with Gasteiger partial charge in [-0.2, -0.15) is 0 Å². The van der Waals surface area contributed by atoms with Gasteiger partial charge in [-0.25, -0.2) is 0 Å². The van der Waals surface area contributed by atoms with Crippen LogP contribution >= 0.6 is 31.9 Å². The summed E-state index contributed by atoms with van der Waals surface area (Å²) in [6.07, 6.45) is 4.61. The highest BCUT2D eigenvalue weighted by atomic mass is 79.9. The van der Waals surface area contributed by atoms with Crippen LogP contribution in [0.25, 0.3) is 0 Å². The smallest absolute Gasteiger partial charge is 0.224 e. The molecule has 1 heterocycles. The molecule has 2 atom stereocenters. The zero-order valence-corrected chi connectivity index (χ0v) is 9.35. The fourth-order valence-electron chi connectivity index (χ4n) is 1.50. The average molecular weight is 293 g/mol. The molecule has 1 aliphatic heterocycles. The lowest BCUT2D eigenvalue weighted by molar-refractivity contribution is -0.119. The number of nitrogens with one attached hydrogen (secondary N) is 1. The second kappa shape index (κ2) is 3.00. The molecule has 0 aromatic carbocycles. The first-order chi connectivity index (χ1) is 5.68. The Morgan fingerprint density at radius 2 is 2.33 bits per heavy atom. The van der Waals surface area contributed by atoms with Gasteiger partial charge in [-0.05, 0) is 22.0 Å². The summed E-state index contributed by atoms with van der Waals surface area (Å²) >= 11 is 6.92. The predicted octanol–water partition coefficient (Wildman–Crippen LogP) is 2.06. The van der Waals surface area contributed by atoms with Gasteiger partial charge < -0.3 is 5.32 Å². The number of carbonyl (C=O) groups excluding carboxylic acids is 1. The van der Waals surface area contributed by atoms with Crippen molar-refractivity contribution >= 4 is 37.8 Å². The molecule has 0 aromatic rings. The van der Waals surface area contributed by atoms with E-state index in [0.717, 1.165) is 10.2 Å². The number of halogens is 2. The fourth-order valence-corrected chi connectivity index (χ4v) is 2.65. The van der Waals surface area contributed by atoms with E-state index in [4.69, 9.17) is 0 Å². The van der Waals surface area contributed by atoms with Gasteiger partial charge in [-0.15, -0.1) is 0 Å². The van der Waals surface area contributed by atoms with E-state index >= 15 is 0 Å². The summed E-state index contributed by atoms with van der Waals surface area (Å²) in [6.45, 7) is 0. The van der Waals surface area contributed by atoms with Crippen molar-refractivity contribution < 1.29 is 4.79 Å². The van der Waals surface area contributed by atoms with Crippen molar-refractivity contribution in [3.05, 3.63) is 22.3 Å². The Balaban J connectivity index is 2.37. The summed E-state index contributed by atoms with van der Waals surface area (Å²) < 4.78 is 0.994. The lowest BCUT2D eigenvalue weighted by Gasteiger charge is -2.19. The molecule has 12 heavy (non-hydrogen) atoms. The number of carbonyl (C=O) groups is 1. The number of amides is 1. The van der Waals surface area contributed by atoms with Gasteiger partial charge >= 0.3 is 0 Å². The van der Waals surface area contributed by atoms with Gasteiger partial charge in [0.15, 0.2) is 0 Å². The van der Waals surface area contributed by atoms with Crippen LogP contribution < -0.4 is 5.32 Å². The van der Waals surface area contributed by atoms with E-state index in [-0.39, 0.29) is 16.7 Å². The minimum atomic E-state index is 0.111. The molecule has 2 aliphatic rings. The highest BCUT2D eigenvalue weighted by Crippen LogP contribution is 2.36. The molecule has 0 aromatic heterocycles. The lowest BCUT2D eigenvalue weighted by atomic mass is 9.97. The van der Waals surface area contributed by atoms with E-state index in [0.29, 0.717) is 6.42 Å². The quantitative estimate of drug-likeness (QED) is 0.681. The maximum Gasteiger partial charge on any atom is 0.224 e. The van der Waals surface area contributed by atoms with Crippen molar-refractivity contribution in [1.29, 1.82) is 0 Å². The van der Waals surface area contributed by atoms with Crippen LogP contribution in [-0.2, 0) is 4.79 Å². The van der Waals surface area contributed by atoms with E-state index in [1.54, 1.807) is 0 Å². The van der Waals surface area contributed by atoms with Crippen molar-refractivity contribution in [2.45, 2.75) is 11.2 Å². The van der Waals surface area contributed by atoms with Crippen LogP contribution in [0.4, 0.5) is 0 Å². The number of rotatable bonds is 0. The second-order valence-corrected chi connectivity index (χ2v) is 4.84. The molecule has 0 saturated carbocycles. The van der Waals surface area contributed by atoms with Crippen LogP contribution in [0, 0.1) is 5.92 Å². The minimum absolute atomic E-state index is 0.111. The third kappa shape index (κ3) is 1.27. The number of allylic oxidation sites excluding steroid dienone is 4. The van der Waals surface area contributed by atoms with Crippen LogP contribution in [0.1, 0.15) is 6.42 Å². The maximum absolute atomic E-state index is 11.1. The Labute approximate surface area is 87.3 Å². The summed E-state index contributed by atoms with van der Waals surface area (Å²) in [4.78, 5) is 11.4. The highest BCUT2D eigenvalue weighted by Gasteiger charge is 2.34. The Bertz CT molecular complexity index is 295. The Hall–Kier alpha value is -0.0900. The molecule has 1 saturated heterocycles. The maximum atomic E-state index is 11.1. The van der Waals surface area contributed by atoms with E-state index < -0.39 is 0 Å². The summed E-state index contributed by atoms with van der Waals surface area (Å²) in [5.41, 5.74) is 1.02. The molecule has 0 spiro atoms. The lowest BCUT2D eigenvalue weighted by Crippen LogP contribution is -2.18. The first-order valence-corrected chi connectivity index (χ1v) is 5.41. The molecule has 4 heteroatoms. The molecule has 64 valence electrons. The standard InChI is InChI=1S/C8H7Br2NO/c9-5-1-2-6(10)8-4(5)3-7(12)11-8/h1-2,4-5H,3H2,(H,11,12)/t4-,5-/m1/s1. The average Bonchev–Trinajstić information content (AvgIpc) is 2.41. The van der Waals surface area contributed by atoms with Crippen molar-refractivity contribution in [2.24, 2.45) is 5.92 Å². The molecule has 1 N–H and O–H groups in total. The van der Waals surface area contributed by atoms with Gasteiger partial charge in [0.2, 0.25) is 5.91 Å². The van der Waals surface area contributed by atoms with Gasteiger partial charge in [-0.3, -0.25) is 4.79 Å². The third-order valence-corrected chi connectivity index (χ3v) is 3.75. The topological polar surface area (TPSA) is 29.1 Å². The Morgan fingerprint density at radius 1 is 1.58 bits per heavy atom. The van der Waals surface area contributed by atoms with Gasteiger partial charge in [0.25, 0.3) is 0 Å². The molecule has 0 radical (unpaired) electrons. The first kappa shape index (κ1) is 8.51. The van der Waals surface area contributed by atoms with Crippen molar-refractivity contribution in [2.75, 3.05) is 0 Å². The number of hydrogen-bond acceptors (Lipinski definition) is 1. The van der Waals surface area contributed by atoms with Crippen LogP contribution in [0.3, 0.4) is 0 Å². The molecule has 1 aliphatic carbocycles. The summed E-state index contributed by atoms with van der Waals surface area (Å²) in [5, 5.41) is 2.85. The van der Waals surface area contributed by atoms with E-state index in [1.165, 1.54) is 0 Å². The number of fused-ring (bicyclic) bond motifs is 1. The predicted molar refractivity (Wildman–Crippen MR) is 54.1 cm³/mol. The fraction of sp³-hybridized carbons (Fsp3) is 0.375. The molecule has 1 amide bonds. The highest BCUT2D eigenvalue weighted by molar-refractivity contribution is 9.12. The molecule has 1 fully saturated rings. The van der Waals surface area contributed by atoms with Crippen molar-refractivity contribution in [3.63, 3.8) is 0 Å².